The lowest BCUT2D eigenvalue weighted by Crippen LogP contribution is -2.43. The number of amides is 1. The molecule has 0 heterocycles. The van der Waals surface area contributed by atoms with E-state index >= 15 is 0 Å². The van der Waals surface area contributed by atoms with Gasteiger partial charge < -0.3 is 20.9 Å². The number of halogens is 1. The van der Waals surface area contributed by atoms with E-state index < -0.39 is 29.7 Å². The van der Waals surface area contributed by atoms with Gasteiger partial charge >= 0.3 is 6.09 Å². The van der Waals surface area contributed by atoms with Crippen molar-refractivity contribution in [2.24, 2.45) is 5.73 Å². The minimum Gasteiger partial charge on any atom is -0.444 e. The van der Waals surface area contributed by atoms with E-state index in [1.807, 2.05) is 6.92 Å². The molecule has 0 saturated heterocycles. The summed E-state index contributed by atoms with van der Waals surface area (Å²) in [6.07, 6.45) is -1.57. The van der Waals surface area contributed by atoms with Gasteiger partial charge in [-0.2, -0.15) is 0 Å². The lowest BCUT2D eigenvalue weighted by atomic mass is 9.96. The van der Waals surface area contributed by atoms with Gasteiger partial charge in [-0.1, -0.05) is 6.07 Å². The standard InChI is InChI=1S/C17H27FN2O3/c1-10-8-12(13(18)9-11(10)2)15(21)14(6-7-19)20-16(22)23-17(3,4)5/h8-9,14-15,21H,6-7,19H2,1-5H3,(H,20,22). The number of rotatable bonds is 5. The van der Waals surface area contributed by atoms with Gasteiger partial charge in [-0.05, 0) is 64.8 Å². The van der Waals surface area contributed by atoms with Gasteiger partial charge in [-0.15, -0.1) is 0 Å². The molecule has 4 N–H and O–H groups in total. The molecule has 0 saturated carbocycles. The minimum atomic E-state index is -1.20. The highest BCUT2D eigenvalue weighted by Gasteiger charge is 2.27. The van der Waals surface area contributed by atoms with Crippen LogP contribution in [-0.2, 0) is 4.74 Å². The Morgan fingerprint density at radius 2 is 1.91 bits per heavy atom. The molecule has 0 aliphatic carbocycles. The molecule has 6 heteroatoms. The van der Waals surface area contributed by atoms with Gasteiger partial charge in [0.1, 0.15) is 17.5 Å². The number of nitrogens with two attached hydrogens (primary N) is 1. The van der Waals surface area contributed by atoms with Crippen molar-refractivity contribution in [3.05, 3.63) is 34.6 Å². The second-order valence-corrected chi connectivity index (χ2v) is 6.73. The van der Waals surface area contributed by atoms with Crippen molar-refractivity contribution < 1.29 is 19.0 Å². The number of carbonyl (C=O) groups is 1. The normalized spacial score (nSPS) is 14.3. The molecule has 23 heavy (non-hydrogen) atoms. The lowest BCUT2D eigenvalue weighted by Gasteiger charge is -2.27. The second kappa shape index (κ2) is 7.75. The maximum Gasteiger partial charge on any atom is 0.407 e. The average Bonchev–Trinajstić information content (AvgIpc) is 2.39. The van der Waals surface area contributed by atoms with Crippen molar-refractivity contribution in [1.82, 2.24) is 5.32 Å². The van der Waals surface area contributed by atoms with E-state index in [1.165, 1.54) is 6.07 Å². The fourth-order valence-electron chi connectivity index (χ4n) is 2.19. The number of aliphatic hydroxyl groups excluding tert-OH is 1. The van der Waals surface area contributed by atoms with Crippen LogP contribution in [0.5, 0.6) is 0 Å². The third-order valence-corrected chi connectivity index (χ3v) is 3.49. The summed E-state index contributed by atoms with van der Waals surface area (Å²) in [5.74, 6) is -0.506. The van der Waals surface area contributed by atoms with E-state index in [4.69, 9.17) is 10.5 Å². The van der Waals surface area contributed by atoms with Crippen LogP contribution in [0.25, 0.3) is 0 Å². The molecule has 130 valence electrons. The summed E-state index contributed by atoms with van der Waals surface area (Å²) in [5.41, 5.74) is 6.69. The Kier molecular flexibility index (Phi) is 6.53. The van der Waals surface area contributed by atoms with E-state index in [9.17, 15) is 14.3 Å². The summed E-state index contributed by atoms with van der Waals surface area (Å²) in [6, 6.07) is 2.24. The fraction of sp³-hybridized carbons (Fsp3) is 0.588. The Labute approximate surface area is 137 Å². The zero-order chi connectivity index (χ0) is 17.8. The molecule has 1 rings (SSSR count). The zero-order valence-corrected chi connectivity index (χ0v) is 14.4. The molecular weight excluding hydrogens is 299 g/mol. The number of alkyl carbamates (subject to hydrolysis) is 1. The van der Waals surface area contributed by atoms with Crippen molar-refractivity contribution >= 4 is 6.09 Å². The Balaban J connectivity index is 2.96. The number of aryl methyl sites for hydroxylation is 2. The number of nitrogens with one attached hydrogen (secondary N) is 1. The van der Waals surface area contributed by atoms with Crippen LogP contribution < -0.4 is 11.1 Å². The molecule has 0 aliphatic heterocycles. The highest BCUT2D eigenvalue weighted by atomic mass is 19.1. The molecule has 1 aromatic rings. The first-order valence-electron chi connectivity index (χ1n) is 7.69. The number of benzene rings is 1. The number of hydrogen-bond donors (Lipinski definition) is 3. The van der Waals surface area contributed by atoms with Gasteiger partial charge in [-0.25, -0.2) is 9.18 Å². The van der Waals surface area contributed by atoms with Gasteiger partial charge in [-0.3, -0.25) is 0 Å². The van der Waals surface area contributed by atoms with E-state index in [1.54, 1.807) is 33.8 Å². The van der Waals surface area contributed by atoms with Gasteiger partial charge in [0.2, 0.25) is 0 Å². The second-order valence-electron chi connectivity index (χ2n) is 6.73. The maximum atomic E-state index is 14.2. The fourth-order valence-corrected chi connectivity index (χ4v) is 2.19. The monoisotopic (exact) mass is 326 g/mol. The number of hydrogen-bond acceptors (Lipinski definition) is 4. The lowest BCUT2D eigenvalue weighted by molar-refractivity contribution is 0.0412. The van der Waals surface area contributed by atoms with Crippen molar-refractivity contribution in [2.75, 3.05) is 6.54 Å². The highest BCUT2D eigenvalue weighted by Crippen LogP contribution is 2.25. The van der Waals surface area contributed by atoms with Gasteiger partial charge in [0.15, 0.2) is 0 Å². The van der Waals surface area contributed by atoms with Crippen LogP contribution in [0.15, 0.2) is 12.1 Å². The minimum absolute atomic E-state index is 0.141. The average molecular weight is 326 g/mol. The van der Waals surface area contributed by atoms with Crippen LogP contribution in [0.3, 0.4) is 0 Å². The third kappa shape index (κ3) is 5.80. The SMILES string of the molecule is Cc1cc(F)c(C(O)C(CCN)NC(=O)OC(C)(C)C)cc1C. The molecule has 0 bridgehead atoms. The van der Waals surface area contributed by atoms with Crippen LogP contribution in [0, 0.1) is 19.7 Å². The molecule has 2 atom stereocenters. The van der Waals surface area contributed by atoms with Crippen molar-refractivity contribution in [1.29, 1.82) is 0 Å². The van der Waals surface area contributed by atoms with E-state index in [0.717, 1.165) is 11.1 Å². The Bertz CT molecular complexity index is 556. The van der Waals surface area contributed by atoms with Gasteiger partial charge in [0.25, 0.3) is 0 Å². The summed E-state index contributed by atoms with van der Waals surface area (Å²) in [6.45, 7) is 9.09. The summed E-state index contributed by atoms with van der Waals surface area (Å²) in [5, 5.41) is 13.1. The highest BCUT2D eigenvalue weighted by molar-refractivity contribution is 5.68. The predicted molar refractivity (Wildman–Crippen MR) is 87.7 cm³/mol. The third-order valence-electron chi connectivity index (χ3n) is 3.49. The summed E-state index contributed by atoms with van der Waals surface area (Å²) >= 11 is 0. The molecule has 2 unspecified atom stereocenters. The maximum absolute atomic E-state index is 14.2. The summed E-state index contributed by atoms with van der Waals surface area (Å²) < 4.78 is 19.3. The Morgan fingerprint density at radius 3 is 2.43 bits per heavy atom. The van der Waals surface area contributed by atoms with Crippen LogP contribution in [0.1, 0.15) is 50.0 Å². The first-order valence-corrected chi connectivity index (χ1v) is 7.69. The molecule has 0 spiro atoms. The van der Waals surface area contributed by atoms with Crippen LogP contribution in [-0.4, -0.2) is 29.4 Å². The molecule has 1 aromatic carbocycles. The number of ether oxygens (including phenoxy) is 1. The van der Waals surface area contributed by atoms with Crippen LogP contribution in [0.4, 0.5) is 9.18 Å². The molecule has 0 aliphatic rings. The predicted octanol–water partition coefficient (Wildman–Crippen LogP) is 2.72. The topological polar surface area (TPSA) is 84.6 Å². The number of carbonyl (C=O) groups excluding carboxylic acids is 1. The smallest absolute Gasteiger partial charge is 0.407 e. The van der Waals surface area contributed by atoms with Crippen LogP contribution >= 0.6 is 0 Å². The van der Waals surface area contributed by atoms with Crippen molar-refractivity contribution in [3.63, 3.8) is 0 Å². The molecule has 0 aromatic heterocycles. The van der Waals surface area contributed by atoms with E-state index in [-0.39, 0.29) is 12.1 Å². The molecule has 0 radical (unpaired) electrons. The quantitative estimate of drug-likeness (QED) is 0.777. The first-order chi connectivity index (χ1) is 10.5. The largest absolute Gasteiger partial charge is 0.444 e. The van der Waals surface area contributed by atoms with Gasteiger partial charge in [0.05, 0.1) is 6.04 Å². The molecule has 0 fully saturated rings. The van der Waals surface area contributed by atoms with E-state index in [0.29, 0.717) is 6.42 Å². The first kappa shape index (κ1) is 19.4. The van der Waals surface area contributed by atoms with Crippen molar-refractivity contribution in [3.8, 4) is 0 Å². The molecular formula is C17H27FN2O3. The van der Waals surface area contributed by atoms with E-state index in [2.05, 4.69) is 5.32 Å². The Morgan fingerprint density at radius 1 is 1.35 bits per heavy atom. The zero-order valence-electron chi connectivity index (χ0n) is 14.4. The summed E-state index contributed by atoms with van der Waals surface area (Å²) in [4.78, 5) is 11.9. The Hall–Kier alpha value is -1.66. The van der Waals surface area contributed by atoms with Gasteiger partial charge in [0, 0.05) is 5.56 Å². The van der Waals surface area contributed by atoms with Crippen LogP contribution in [0.2, 0.25) is 0 Å². The van der Waals surface area contributed by atoms with Crippen molar-refractivity contribution in [2.45, 2.75) is 58.8 Å². The number of aliphatic hydroxyl groups is 1. The summed E-state index contributed by atoms with van der Waals surface area (Å²) in [7, 11) is 0. The molecule has 1 amide bonds. The molecule has 5 nitrogen and oxygen atoms in total.